The van der Waals surface area contributed by atoms with Crippen molar-refractivity contribution in [1.82, 2.24) is 12.9 Å². The fraction of sp³-hybridized carbons (Fsp3) is 0.625. The number of rotatable bonds is 9. The molecule has 0 atom stereocenters. The van der Waals surface area contributed by atoms with Crippen LogP contribution in [0.25, 0.3) is 0 Å². The Labute approximate surface area is 268 Å². The van der Waals surface area contributed by atoms with Crippen LogP contribution in [0.4, 0.5) is 14.4 Å². The van der Waals surface area contributed by atoms with Gasteiger partial charge in [-0.2, -0.15) is 0 Å². The smallest absolute Gasteiger partial charge is 0.271 e. The lowest BCUT2D eigenvalue weighted by Gasteiger charge is -2.23. The molecule has 1 aromatic carbocycles. The second-order valence-corrected chi connectivity index (χ2v) is 19.6. The molecule has 0 radical (unpaired) electrons. The van der Waals surface area contributed by atoms with Crippen LogP contribution in [-0.2, 0) is 0 Å². The van der Waals surface area contributed by atoms with Gasteiger partial charge in [0.1, 0.15) is 0 Å². The van der Waals surface area contributed by atoms with Crippen LogP contribution in [0.5, 0.6) is 0 Å². The lowest BCUT2D eigenvalue weighted by molar-refractivity contribution is 0.274. The Balaban J connectivity index is 1.32. The maximum absolute atomic E-state index is 12.6. The molecule has 3 saturated heterocycles. The van der Waals surface area contributed by atoms with Crippen molar-refractivity contribution in [3.63, 3.8) is 0 Å². The third-order valence-electron chi connectivity index (χ3n) is 6.03. The number of hydrogen-bond donors (Lipinski definition) is 0. The van der Waals surface area contributed by atoms with Crippen molar-refractivity contribution < 1.29 is 14.4 Å². The van der Waals surface area contributed by atoms with E-state index in [0.717, 1.165) is 92.5 Å². The molecular formula is C24H33N3O3S9. The van der Waals surface area contributed by atoms with Gasteiger partial charge in [-0.25, -0.2) is 12.9 Å². The van der Waals surface area contributed by atoms with Gasteiger partial charge in [0.05, 0.1) is 0 Å². The van der Waals surface area contributed by atoms with Crippen molar-refractivity contribution in [2.45, 2.75) is 72.5 Å². The van der Waals surface area contributed by atoms with Gasteiger partial charge in [-0.15, -0.1) is 0 Å². The molecule has 3 aliphatic heterocycles. The third-order valence-corrected chi connectivity index (χ3v) is 16.5. The van der Waals surface area contributed by atoms with Crippen molar-refractivity contribution in [3.05, 3.63) is 18.2 Å². The summed E-state index contributed by atoms with van der Waals surface area (Å²) in [5, 5.41) is 0. The van der Waals surface area contributed by atoms with E-state index in [2.05, 4.69) is 12.9 Å². The van der Waals surface area contributed by atoms with E-state index in [1.807, 2.05) is 18.2 Å². The van der Waals surface area contributed by atoms with Crippen LogP contribution in [-0.4, -0.2) is 65.5 Å². The standard InChI is InChI=1S/C24H33N3O3S9/c28-22(31-25-10-4-1-5-11-25)37-34-19-16-20(35-38-23(29)32-26-12-6-2-7-13-26)18-21(17-19)36-39-24(30)33-27-14-8-3-9-15-27/h16-18H,1-15H2. The minimum atomic E-state index is 0.0825. The molecule has 0 spiro atoms. The van der Waals surface area contributed by atoms with Gasteiger partial charge in [0, 0.05) is 89.8 Å². The summed E-state index contributed by atoms with van der Waals surface area (Å²) in [4.78, 5) is 40.7. The summed E-state index contributed by atoms with van der Waals surface area (Å²) < 4.78 is 6.74. The molecule has 39 heavy (non-hydrogen) atoms. The highest BCUT2D eigenvalue weighted by Gasteiger charge is 2.19. The predicted octanol–water partition coefficient (Wildman–Crippen LogP) is 10.7. The van der Waals surface area contributed by atoms with Gasteiger partial charge < -0.3 is 0 Å². The topological polar surface area (TPSA) is 60.9 Å². The van der Waals surface area contributed by atoms with E-state index in [9.17, 15) is 14.4 Å². The summed E-state index contributed by atoms with van der Waals surface area (Å²) in [5.41, 5.74) is 0. The first-order valence-corrected chi connectivity index (χ1v) is 21.9. The van der Waals surface area contributed by atoms with E-state index in [1.165, 1.54) is 120 Å². The number of carbonyl (C=O) groups excluding carboxylic acids is 3. The van der Waals surface area contributed by atoms with Crippen LogP contribution >= 0.6 is 101 Å². The molecule has 4 rings (SSSR count). The molecule has 0 amide bonds. The van der Waals surface area contributed by atoms with Crippen molar-refractivity contribution in [2.75, 3.05) is 39.3 Å². The molecule has 0 unspecified atom stereocenters. The SMILES string of the molecule is O=C(SSc1cc(SSC(=O)SN2CCCCC2)cc(SSC(=O)SN2CCCCC2)c1)SN1CCCCC1. The molecule has 0 saturated carbocycles. The average molecular weight is 700 g/mol. The van der Waals surface area contributed by atoms with Gasteiger partial charge in [-0.1, -0.05) is 19.3 Å². The Morgan fingerprint density at radius 1 is 0.436 bits per heavy atom. The molecule has 0 bridgehead atoms. The maximum Gasteiger partial charge on any atom is 0.271 e. The Morgan fingerprint density at radius 3 is 0.949 bits per heavy atom. The van der Waals surface area contributed by atoms with Gasteiger partial charge >= 0.3 is 0 Å². The molecule has 3 fully saturated rings. The monoisotopic (exact) mass is 699 g/mol. The van der Waals surface area contributed by atoms with E-state index in [1.54, 1.807) is 0 Å². The Morgan fingerprint density at radius 2 is 0.692 bits per heavy atom. The summed E-state index contributed by atoms with van der Waals surface area (Å²) in [6, 6.07) is 6.10. The summed E-state index contributed by atoms with van der Waals surface area (Å²) in [6.45, 7) is 5.81. The van der Waals surface area contributed by atoms with Gasteiger partial charge in [-0.3, -0.25) is 14.4 Å². The fourth-order valence-electron chi connectivity index (χ4n) is 4.17. The summed E-state index contributed by atoms with van der Waals surface area (Å²) in [5.74, 6) is 0. The molecule has 6 nitrogen and oxygen atoms in total. The first-order valence-electron chi connectivity index (χ1n) is 13.1. The Hall–Kier alpha value is 1.26. The molecule has 3 heterocycles. The lowest BCUT2D eigenvalue weighted by atomic mass is 10.2. The zero-order valence-electron chi connectivity index (χ0n) is 21.6. The fourth-order valence-corrected chi connectivity index (χ4v) is 13.3. The first-order chi connectivity index (χ1) is 19.0. The zero-order valence-corrected chi connectivity index (χ0v) is 28.9. The molecule has 216 valence electrons. The molecular weight excluding hydrogens is 667 g/mol. The number of carbonyl (C=O) groups is 3. The minimum Gasteiger partial charge on any atom is -0.272 e. The number of nitrogens with zero attached hydrogens (tertiary/aromatic N) is 3. The summed E-state index contributed by atoms with van der Waals surface area (Å²) in [7, 11) is 8.09. The van der Waals surface area contributed by atoms with Crippen molar-refractivity contribution in [3.8, 4) is 0 Å². The second kappa shape index (κ2) is 18.8. The molecule has 1 aromatic rings. The van der Waals surface area contributed by atoms with Gasteiger partial charge in [0.2, 0.25) is 0 Å². The summed E-state index contributed by atoms with van der Waals surface area (Å²) >= 11 is 3.97. The minimum absolute atomic E-state index is 0.0825. The number of hydrogen-bond acceptors (Lipinski definition) is 15. The molecule has 0 aliphatic carbocycles. The highest BCUT2D eigenvalue weighted by Crippen LogP contribution is 2.46. The van der Waals surface area contributed by atoms with E-state index in [-0.39, 0.29) is 13.3 Å². The van der Waals surface area contributed by atoms with E-state index in [0.29, 0.717) is 0 Å². The van der Waals surface area contributed by atoms with E-state index < -0.39 is 0 Å². The van der Waals surface area contributed by atoms with Crippen LogP contribution in [0.3, 0.4) is 0 Å². The average Bonchev–Trinajstić information content (AvgIpc) is 2.95. The highest BCUT2D eigenvalue weighted by molar-refractivity contribution is 8.86. The van der Waals surface area contributed by atoms with Gasteiger partial charge in [-0.05, 0) is 121 Å². The molecule has 15 heteroatoms. The van der Waals surface area contributed by atoms with Crippen LogP contribution in [0.1, 0.15) is 57.8 Å². The van der Waals surface area contributed by atoms with E-state index >= 15 is 0 Å². The first kappa shape index (κ1) is 33.2. The largest absolute Gasteiger partial charge is 0.272 e. The van der Waals surface area contributed by atoms with Crippen molar-refractivity contribution >= 4 is 114 Å². The lowest BCUT2D eigenvalue weighted by Crippen LogP contribution is -2.23. The normalized spacial score (nSPS) is 19.7. The second-order valence-electron chi connectivity index (χ2n) is 9.13. The summed E-state index contributed by atoms with van der Waals surface area (Å²) in [6.07, 6.45) is 10.6. The Kier molecular flexibility index (Phi) is 16.0. The Bertz CT molecular complexity index is 825. The van der Waals surface area contributed by atoms with Gasteiger partial charge in [0.25, 0.3) is 13.3 Å². The van der Waals surface area contributed by atoms with Crippen molar-refractivity contribution in [1.29, 1.82) is 0 Å². The van der Waals surface area contributed by atoms with E-state index in [4.69, 9.17) is 0 Å². The van der Waals surface area contributed by atoms with Crippen LogP contribution in [0, 0.1) is 0 Å². The maximum atomic E-state index is 12.6. The number of piperidine rings is 3. The van der Waals surface area contributed by atoms with Crippen LogP contribution in [0.15, 0.2) is 32.9 Å². The third kappa shape index (κ3) is 13.2. The van der Waals surface area contributed by atoms with Crippen molar-refractivity contribution in [2.24, 2.45) is 0 Å². The zero-order chi connectivity index (χ0) is 27.3. The molecule has 0 aromatic heterocycles. The molecule has 0 N–H and O–H groups in total. The van der Waals surface area contributed by atoms with Gasteiger partial charge in [0.15, 0.2) is 0 Å². The van der Waals surface area contributed by atoms with Crippen LogP contribution < -0.4 is 0 Å². The van der Waals surface area contributed by atoms with Crippen LogP contribution in [0.2, 0.25) is 0 Å². The highest BCUT2D eigenvalue weighted by atomic mass is 33.1. The molecule has 3 aliphatic rings. The quantitative estimate of drug-likeness (QED) is 0.181. The predicted molar refractivity (Wildman–Crippen MR) is 182 cm³/mol. The number of benzene rings is 1.